The number of amides is 1. The molecule has 0 radical (unpaired) electrons. The third-order valence-electron chi connectivity index (χ3n) is 4.67. The predicted octanol–water partition coefficient (Wildman–Crippen LogP) is 4.50. The molecule has 1 heterocycles. The summed E-state index contributed by atoms with van der Waals surface area (Å²) in [4.78, 5) is 26.1. The average Bonchev–Trinajstić information content (AvgIpc) is 3.10. The Morgan fingerprint density at radius 1 is 1.19 bits per heavy atom. The van der Waals surface area contributed by atoms with Crippen molar-refractivity contribution in [2.45, 2.75) is 32.4 Å². The molecule has 0 aliphatic carbocycles. The molecular weight excluding hydrogens is 358 g/mol. The van der Waals surface area contributed by atoms with Gasteiger partial charge in [-0.1, -0.05) is 18.2 Å². The summed E-state index contributed by atoms with van der Waals surface area (Å²) in [6.07, 6.45) is 1.44. The van der Waals surface area contributed by atoms with Crippen molar-refractivity contribution < 1.29 is 14.3 Å². The van der Waals surface area contributed by atoms with Gasteiger partial charge in [0.2, 0.25) is 5.91 Å². The lowest BCUT2D eigenvalue weighted by atomic mass is 10.1. The van der Waals surface area contributed by atoms with Gasteiger partial charge in [0.05, 0.1) is 6.61 Å². The second-order valence-electron chi connectivity index (χ2n) is 6.54. The Morgan fingerprint density at radius 2 is 2.00 bits per heavy atom. The van der Waals surface area contributed by atoms with Crippen molar-refractivity contribution in [3.63, 3.8) is 0 Å². The fraction of sp³-hybridized carbons (Fsp3) is 0.364. The van der Waals surface area contributed by atoms with Gasteiger partial charge in [0.15, 0.2) is 5.78 Å². The van der Waals surface area contributed by atoms with E-state index in [-0.39, 0.29) is 11.7 Å². The van der Waals surface area contributed by atoms with E-state index in [9.17, 15) is 9.59 Å². The monoisotopic (exact) mass is 383 g/mol. The molecule has 0 bridgehead atoms. The van der Waals surface area contributed by atoms with Gasteiger partial charge < -0.3 is 9.64 Å². The molecule has 0 spiro atoms. The molecule has 1 aliphatic rings. The number of benzene rings is 2. The van der Waals surface area contributed by atoms with Gasteiger partial charge in [-0.05, 0) is 50.1 Å². The Balaban J connectivity index is 1.55. The van der Waals surface area contributed by atoms with Gasteiger partial charge in [-0.2, -0.15) is 11.8 Å². The van der Waals surface area contributed by atoms with E-state index in [1.165, 1.54) is 5.56 Å². The molecule has 142 valence electrons. The third kappa shape index (κ3) is 4.72. The van der Waals surface area contributed by atoms with Gasteiger partial charge in [0.1, 0.15) is 5.75 Å². The number of nitrogens with zero attached hydrogens (tertiary/aromatic N) is 1. The lowest BCUT2D eigenvalue weighted by Crippen LogP contribution is -2.29. The first-order valence-electron chi connectivity index (χ1n) is 9.32. The SMILES string of the molecule is CCOc1ccc(C(C)=O)cc1CSCCC(=O)N1CCc2ccccc21. The fourth-order valence-electron chi connectivity index (χ4n) is 3.28. The summed E-state index contributed by atoms with van der Waals surface area (Å²) >= 11 is 1.70. The van der Waals surface area contributed by atoms with Gasteiger partial charge in [-0.3, -0.25) is 9.59 Å². The number of Topliss-reactive ketones (excluding diaryl/α,β-unsaturated/α-hetero) is 1. The van der Waals surface area contributed by atoms with Crippen molar-refractivity contribution in [3.05, 3.63) is 59.2 Å². The van der Waals surface area contributed by atoms with E-state index in [2.05, 4.69) is 6.07 Å². The van der Waals surface area contributed by atoms with E-state index in [1.807, 2.05) is 42.2 Å². The summed E-state index contributed by atoms with van der Waals surface area (Å²) in [7, 11) is 0. The number of thioether (sulfide) groups is 1. The smallest absolute Gasteiger partial charge is 0.227 e. The highest BCUT2D eigenvalue weighted by atomic mass is 32.2. The topological polar surface area (TPSA) is 46.6 Å². The van der Waals surface area contributed by atoms with E-state index in [0.717, 1.165) is 41.5 Å². The van der Waals surface area contributed by atoms with Gasteiger partial charge in [0.25, 0.3) is 0 Å². The number of fused-ring (bicyclic) bond motifs is 1. The van der Waals surface area contributed by atoms with Crippen LogP contribution < -0.4 is 9.64 Å². The van der Waals surface area contributed by atoms with Gasteiger partial charge >= 0.3 is 0 Å². The molecule has 0 fully saturated rings. The van der Waals surface area contributed by atoms with E-state index >= 15 is 0 Å². The van der Waals surface area contributed by atoms with Gasteiger partial charge in [-0.25, -0.2) is 0 Å². The number of hydrogen-bond donors (Lipinski definition) is 0. The van der Waals surface area contributed by atoms with Crippen LogP contribution in [0.4, 0.5) is 5.69 Å². The van der Waals surface area contributed by atoms with Gasteiger partial charge in [-0.15, -0.1) is 0 Å². The van der Waals surface area contributed by atoms with Crippen LogP contribution in [0.2, 0.25) is 0 Å². The molecule has 3 rings (SSSR count). The van der Waals surface area contributed by atoms with Crippen molar-refractivity contribution in [1.82, 2.24) is 0 Å². The van der Waals surface area contributed by atoms with Crippen LogP contribution in [-0.2, 0) is 17.0 Å². The van der Waals surface area contributed by atoms with Crippen molar-refractivity contribution in [2.75, 3.05) is 23.8 Å². The summed E-state index contributed by atoms with van der Waals surface area (Å²) in [5.74, 6) is 2.50. The Labute approximate surface area is 164 Å². The highest BCUT2D eigenvalue weighted by Gasteiger charge is 2.23. The Bertz CT molecular complexity index is 834. The Hall–Kier alpha value is -2.27. The minimum Gasteiger partial charge on any atom is -0.494 e. The highest BCUT2D eigenvalue weighted by molar-refractivity contribution is 7.98. The number of ketones is 1. The van der Waals surface area contributed by atoms with E-state index in [1.54, 1.807) is 24.8 Å². The van der Waals surface area contributed by atoms with Crippen LogP contribution in [0, 0.1) is 0 Å². The largest absolute Gasteiger partial charge is 0.494 e. The van der Waals surface area contributed by atoms with Crippen LogP contribution in [-0.4, -0.2) is 30.6 Å². The van der Waals surface area contributed by atoms with Crippen molar-refractivity contribution >= 4 is 29.1 Å². The number of rotatable bonds is 8. The van der Waals surface area contributed by atoms with E-state index in [4.69, 9.17) is 4.74 Å². The summed E-state index contributed by atoms with van der Waals surface area (Å²) in [6, 6.07) is 13.7. The minimum absolute atomic E-state index is 0.0483. The molecule has 1 amide bonds. The molecule has 0 saturated heterocycles. The number of anilines is 1. The zero-order valence-corrected chi connectivity index (χ0v) is 16.7. The molecule has 0 atom stereocenters. The van der Waals surface area contributed by atoms with E-state index in [0.29, 0.717) is 18.6 Å². The number of para-hydroxylation sites is 1. The molecule has 2 aromatic rings. The minimum atomic E-state index is 0.0483. The summed E-state index contributed by atoms with van der Waals surface area (Å²) in [6.45, 7) is 4.88. The van der Waals surface area contributed by atoms with Crippen LogP contribution in [0.1, 0.15) is 41.8 Å². The summed E-state index contributed by atoms with van der Waals surface area (Å²) in [5.41, 5.74) is 4.01. The lowest BCUT2D eigenvalue weighted by Gasteiger charge is -2.17. The molecule has 0 saturated carbocycles. The highest BCUT2D eigenvalue weighted by Crippen LogP contribution is 2.29. The molecule has 2 aromatic carbocycles. The van der Waals surface area contributed by atoms with Crippen LogP contribution >= 0.6 is 11.8 Å². The van der Waals surface area contributed by atoms with Crippen LogP contribution in [0.15, 0.2) is 42.5 Å². The summed E-state index contributed by atoms with van der Waals surface area (Å²) in [5, 5.41) is 0. The predicted molar refractivity (Wildman–Crippen MR) is 111 cm³/mol. The fourth-order valence-corrected chi connectivity index (χ4v) is 4.19. The maximum atomic E-state index is 12.6. The molecular formula is C22H25NO3S. The standard InChI is InChI=1S/C22H25NO3S/c1-3-26-21-9-8-18(16(2)24)14-19(21)15-27-13-11-22(25)23-12-10-17-6-4-5-7-20(17)23/h4-9,14H,3,10-13,15H2,1-2H3. The number of carbonyl (C=O) groups excluding carboxylic acids is 2. The molecule has 0 aromatic heterocycles. The van der Waals surface area contributed by atoms with Crippen molar-refractivity contribution in [3.8, 4) is 5.75 Å². The average molecular weight is 384 g/mol. The van der Waals surface area contributed by atoms with Crippen molar-refractivity contribution in [2.24, 2.45) is 0 Å². The number of carbonyl (C=O) groups is 2. The van der Waals surface area contributed by atoms with Gasteiger partial charge in [0, 0.05) is 41.3 Å². The second kappa shape index (κ2) is 9.09. The Kier molecular flexibility index (Phi) is 6.56. The molecule has 0 N–H and O–H groups in total. The number of ether oxygens (including phenoxy) is 1. The van der Waals surface area contributed by atoms with Crippen molar-refractivity contribution in [1.29, 1.82) is 0 Å². The first kappa shape index (κ1) is 19.5. The zero-order valence-electron chi connectivity index (χ0n) is 15.9. The lowest BCUT2D eigenvalue weighted by molar-refractivity contribution is -0.118. The first-order valence-corrected chi connectivity index (χ1v) is 10.5. The third-order valence-corrected chi connectivity index (χ3v) is 5.68. The van der Waals surface area contributed by atoms with Crippen LogP contribution in [0.5, 0.6) is 5.75 Å². The van der Waals surface area contributed by atoms with Crippen LogP contribution in [0.25, 0.3) is 0 Å². The normalized spacial score (nSPS) is 12.7. The molecule has 4 nitrogen and oxygen atoms in total. The first-order chi connectivity index (χ1) is 13.1. The molecule has 27 heavy (non-hydrogen) atoms. The van der Waals surface area contributed by atoms with Crippen LogP contribution in [0.3, 0.4) is 0 Å². The zero-order chi connectivity index (χ0) is 19.2. The molecule has 5 heteroatoms. The van der Waals surface area contributed by atoms with E-state index < -0.39 is 0 Å². The molecule has 0 unspecified atom stereocenters. The summed E-state index contributed by atoms with van der Waals surface area (Å²) < 4.78 is 5.67. The number of hydrogen-bond acceptors (Lipinski definition) is 4. The quantitative estimate of drug-likeness (QED) is 0.497. The maximum absolute atomic E-state index is 12.6. The Morgan fingerprint density at radius 3 is 2.78 bits per heavy atom. The molecule has 1 aliphatic heterocycles. The second-order valence-corrected chi connectivity index (χ2v) is 7.64. The maximum Gasteiger partial charge on any atom is 0.227 e.